The third kappa shape index (κ3) is 5.06. The van der Waals surface area contributed by atoms with E-state index < -0.39 is 0 Å². The van der Waals surface area contributed by atoms with Gasteiger partial charge in [0.1, 0.15) is 6.10 Å². The number of hydrogen-bond donors (Lipinski definition) is 1. The van der Waals surface area contributed by atoms with E-state index >= 15 is 0 Å². The molecule has 0 spiro atoms. The molecule has 4 nitrogen and oxygen atoms in total. The molecule has 2 atom stereocenters. The molecular weight excluding hydrogens is 266 g/mol. The van der Waals surface area contributed by atoms with Crippen LogP contribution in [0.2, 0.25) is 0 Å². The fourth-order valence-electron chi connectivity index (χ4n) is 2.31. The molecule has 1 N–H and O–H groups in total. The zero-order valence-electron chi connectivity index (χ0n) is 12.2. The Morgan fingerprint density at radius 3 is 2.67 bits per heavy atom. The SMILES string of the molecule is C[C@@H]1CC=CCCC(=O)N[C@H](c2ccccc2)CC(=O)O1. The first-order chi connectivity index (χ1) is 10.1. The van der Waals surface area contributed by atoms with E-state index in [1.807, 2.05) is 49.4 Å². The summed E-state index contributed by atoms with van der Waals surface area (Å²) in [6.07, 6.45) is 5.76. The molecule has 1 aromatic carbocycles. The van der Waals surface area contributed by atoms with E-state index in [9.17, 15) is 9.59 Å². The summed E-state index contributed by atoms with van der Waals surface area (Å²) in [4.78, 5) is 24.0. The van der Waals surface area contributed by atoms with E-state index in [2.05, 4.69) is 5.32 Å². The average molecular weight is 287 g/mol. The second kappa shape index (κ2) is 7.62. The zero-order chi connectivity index (χ0) is 15.1. The normalized spacial score (nSPS) is 24.4. The van der Waals surface area contributed by atoms with Gasteiger partial charge in [-0.15, -0.1) is 0 Å². The van der Waals surface area contributed by atoms with Gasteiger partial charge in [0, 0.05) is 12.8 Å². The summed E-state index contributed by atoms with van der Waals surface area (Å²) >= 11 is 0. The van der Waals surface area contributed by atoms with Crippen molar-refractivity contribution >= 4 is 11.9 Å². The van der Waals surface area contributed by atoms with Crippen LogP contribution >= 0.6 is 0 Å². The van der Waals surface area contributed by atoms with Crippen LogP contribution in [0, 0.1) is 0 Å². The van der Waals surface area contributed by atoms with Gasteiger partial charge in [-0.25, -0.2) is 0 Å². The van der Waals surface area contributed by atoms with Crippen LogP contribution in [0.5, 0.6) is 0 Å². The molecule has 4 heteroatoms. The van der Waals surface area contributed by atoms with E-state index in [1.54, 1.807) is 0 Å². The number of amides is 1. The van der Waals surface area contributed by atoms with Crippen LogP contribution in [0.3, 0.4) is 0 Å². The summed E-state index contributed by atoms with van der Waals surface area (Å²) < 4.78 is 5.37. The highest BCUT2D eigenvalue weighted by atomic mass is 16.5. The first-order valence-electron chi connectivity index (χ1n) is 7.34. The minimum atomic E-state index is -0.332. The largest absolute Gasteiger partial charge is 0.462 e. The monoisotopic (exact) mass is 287 g/mol. The van der Waals surface area contributed by atoms with Crippen molar-refractivity contribution in [2.45, 2.75) is 44.8 Å². The predicted molar refractivity (Wildman–Crippen MR) is 80.5 cm³/mol. The van der Waals surface area contributed by atoms with Crippen molar-refractivity contribution in [1.82, 2.24) is 5.32 Å². The first kappa shape index (κ1) is 15.3. The number of carbonyl (C=O) groups is 2. The molecule has 0 unspecified atom stereocenters. The summed E-state index contributed by atoms with van der Waals surface area (Å²) in [6.45, 7) is 1.88. The van der Waals surface area contributed by atoms with Crippen LogP contribution in [-0.2, 0) is 14.3 Å². The Balaban J connectivity index is 2.15. The Labute approximate surface area is 125 Å². The number of nitrogens with one attached hydrogen (secondary N) is 1. The Morgan fingerprint density at radius 2 is 1.90 bits per heavy atom. The third-order valence-electron chi connectivity index (χ3n) is 3.41. The minimum absolute atomic E-state index is 0.0464. The molecule has 0 saturated heterocycles. The van der Waals surface area contributed by atoms with Crippen molar-refractivity contribution in [1.29, 1.82) is 0 Å². The van der Waals surface area contributed by atoms with Gasteiger partial charge < -0.3 is 10.1 Å². The van der Waals surface area contributed by atoms with Crippen LogP contribution in [0.25, 0.3) is 0 Å². The number of esters is 1. The summed E-state index contributed by atoms with van der Waals surface area (Å²) in [5.41, 5.74) is 0.919. The van der Waals surface area contributed by atoms with E-state index in [1.165, 1.54) is 0 Å². The lowest BCUT2D eigenvalue weighted by Crippen LogP contribution is -2.31. The van der Waals surface area contributed by atoms with E-state index in [0.29, 0.717) is 19.3 Å². The van der Waals surface area contributed by atoms with Gasteiger partial charge in [0.05, 0.1) is 12.5 Å². The van der Waals surface area contributed by atoms with Crippen molar-refractivity contribution in [2.24, 2.45) is 0 Å². The molecule has 1 amide bonds. The Kier molecular flexibility index (Phi) is 5.55. The highest BCUT2D eigenvalue weighted by Crippen LogP contribution is 2.19. The predicted octanol–water partition coefficient (Wildman–Crippen LogP) is 2.91. The van der Waals surface area contributed by atoms with Crippen molar-refractivity contribution < 1.29 is 14.3 Å². The number of benzene rings is 1. The van der Waals surface area contributed by atoms with Crippen molar-refractivity contribution in [3.8, 4) is 0 Å². The highest BCUT2D eigenvalue weighted by Gasteiger charge is 2.20. The molecule has 112 valence electrons. The Bertz CT molecular complexity index is 510. The van der Waals surface area contributed by atoms with E-state index in [-0.39, 0.29) is 30.4 Å². The summed E-state index contributed by atoms with van der Waals surface area (Å²) in [5, 5.41) is 2.92. The number of cyclic esters (lactones) is 1. The molecule has 0 radical (unpaired) electrons. The maximum absolute atomic E-state index is 12.0. The van der Waals surface area contributed by atoms with Crippen LogP contribution in [0.1, 0.15) is 44.2 Å². The number of allylic oxidation sites excluding steroid dienone is 1. The lowest BCUT2D eigenvalue weighted by atomic mass is 10.0. The molecule has 2 rings (SSSR count). The molecule has 0 fully saturated rings. The third-order valence-corrected chi connectivity index (χ3v) is 3.41. The molecule has 0 aromatic heterocycles. The van der Waals surface area contributed by atoms with Crippen molar-refractivity contribution in [2.75, 3.05) is 0 Å². The smallest absolute Gasteiger partial charge is 0.308 e. The van der Waals surface area contributed by atoms with E-state index in [0.717, 1.165) is 5.56 Å². The second-order valence-electron chi connectivity index (χ2n) is 5.28. The maximum atomic E-state index is 12.0. The van der Waals surface area contributed by atoms with Crippen LogP contribution in [0.15, 0.2) is 42.5 Å². The molecule has 1 heterocycles. The summed E-state index contributed by atoms with van der Waals surface area (Å²) in [5.74, 6) is -0.333. The quantitative estimate of drug-likeness (QED) is 0.638. The van der Waals surface area contributed by atoms with Gasteiger partial charge in [0.15, 0.2) is 0 Å². The van der Waals surface area contributed by atoms with Crippen LogP contribution < -0.4 is 5.32 Å². The van der Waals surface area contributed by atoms with Crippen molar-refractivity contribution in [3.63, 3.8) is 0 Å². The molecular formula is C17H21NO3. The minimum Gasteiger partial charge on any atom is -0.462 e. The zero-order valence-corrected chi connectivity index (χ0v) is 12.2. The number of rotatable bonds is 1. The topological polar surface area (TPSA) is 55.4 Å². The molecule has 1 aliphatic rings. The fraction of sp³-hybridized carbons (Fsp3) is 0.412. The van der Waals surface area contributed by atoms with Gasteiger partial charge in [-0.05, 0) is 18.9 Å². The van der Waals surface area contributed by atoms with Crippen molar-refractivity contribution in [3.05, 3.63) is 48.0 Å². The second-order valence-corrected chi connectivity index (χ2v) is 5.28. The number of ether oxygens (including phenoxy) is 1. The Morgan fingerprint density at radius 1 is 1.14 bits per heavy atom. The lowest BCUT2D eigenvalue weighted by molar-refractivity contribution is -0.148. The highest BCUT2D eigenvalue weighted by molar-refractivity contribution is 5.78. The maximum Gasteiger partial charge on any atom is 0.308 e. The molecule has 0 aliphatic carbocycles. The standard InChI is InChI=1S/C17H21NO3/c1-13-8-4-2-7-11-16(19)18-15(12-17(20)21-13)14-9-5-3-6-10-14/h2-6,9-10,13,15H,7-8,11-12H2,1H3,(H,18,19)/t13-,15+/m1/s1. The van der Waals surface area contributed by atoms with Crippen LogP contribution in [-0.4, -0.2) is 18.0 Å². The van der Waals surface area contributed by atoms with Gasteiger partial charge in [0.25, 0.3) is 0 Å². The summed E-state index contributed by atoms with van der Waals surface area (Å²) in [7, 11) is 0. The van der Waals surface area contributed by atoms with E-state index in [4.69, 9.17) is 4.74 Å². The molecule has 1 aromatic rings. The first-order valence-corrected chi connectivity index (χ1v) is 7.34. The molecule has 0 saturated carbocycles. The summed E-state index contributed by atoms with van der Waals surface area (Å²) in [6, 6.07) is 9.19. The van der Waals surface area contributed by atoms with Crippen LogP contribution in [0.4, 0.5) is 0 Å². The van der Waals surface area contributed by atoms with Gasteiger partial charge in [-0.3, -0.25) is 9.59 Å². The number of hydrogen-bond acceptors (Lipinski definition) is 3. The molecule has 1 aliphatic heterocycles. The Hall–Kier alpha value is -2.10. The average Bonchev–Trinajstić information content (AvgIpc) is 2.46. The molecule has 21 heavy (non-hydrogen) atoms. The lowest BCUT2D eigenvalue weighted by Gasteiger charge is -2.20. The van der Waals surface area contributed by atoms with Gasteiger partial charge in [-0.2, -0.15) is 0 Å². The van der Waals surface area contributed by atoms with Gasteiger partial charge >= 0.3 is 5.97 Å². The fourth-order valence-corrected chi connectivity index (χ4v) is 2.31. The molecule has 0 bridgehead atoms. The number of carbonyl (C=O) groups excluding carboxylic acids is 2. The van der Waals surface area contributed by atoms with Gasteiger partial charge in [-0.1, -0.05) is 42.5 Å². The van der Waals surface area contributed by atoms with Gasteiger partial charge in [0.2, 0.25) is 5.91 Å².